The maximum absolute atomic E-state index is 13.3. The molecular weight excluding hydrogens is 316 g/mol. The second-order valence-electron chi connectivity index (χ2n) is 5.70. The second kappa shape index (κ2) is 6.39. The number of benzene rings is 2. The number of likely N-dealkylation sites (N-methyl/N-ethyl adjacent to an activating group) is 1. The summed E-state index contributed by atoms with van der Waals surface area (Å²) < 4.78 is 31.4. The lowest BCUT2D eigenvalue weighted by atomic mass is 9.98. The Morgan fingerprint density at radius 2 is 1.96 bits per heavy atom. The summed E-state index contributed by atoms with van der Waals surface area (Å²) in [6.07, 6.45) is -0.620. The number of halogens is 2. The Bertz CT molecular complexity index is 807. The molecule has 0 saturated carbocycles. The maximum Gasteiger partial charge on any atom is 0.339 e. The minimum absolute atomic E-state index is 0.0890. The molecule has 1 aliphatic rings. The van der Waals surface area contributed by atoms with Crippen molar-refractivity contribution >= 4 is 11.9 Å². The van der Waals surface area contributed by atoms with Crippen molar-refractivity contribution in [2.75, 3.05) is 7.05 Å². The van der Waals surface area contributed by atoms with Gasteiger partial charge in [0, 0.05) is 20.0 Å². The molecule has 1 amide bonds. The minimum atomic E-state index is -0.966. The van der Waals surface area contributed by atoms with Gasteiger partial charge in [-0.15, -0.1) is 0 Å². The first-order valence-electron chi connectivity index (χ1n) is 7.43. The summed E-state index contributed by atoms with van der Waals surface area (Å²) >= 11 is 0. The Morgan fingerprint density at radius 1 is 1.21 bits per heavy atom. The summed E-state index contributed by atoms with van der Waals surface area (Å²) in [6.45, 7) is 0.0890. The molecule has 0 spiro atoms. The highest BCUT2D eigenvalue weighted by Gasteiger charge is 2.32. The fourth-order valence-corrected chi connectivity index (χ4v) is 2.70. The third-order valence-electron chi connectivity index (χ3n) is 3.95. The number of hydrogen-bond donors (Lipinski definition) is 0. The number of nitrogens with zero attached hydrogens (tertiary/aromatic N) is 1. The first-order valence-corrected chi connectivity index (χ1v) is 7.43. The third kappa shape index (κ3) is 3.13. The fraction of sp³-hybridized carbons (Fsp3) is 0.222. The quantitative estimate of drug-likeness (QED) is 0.813. The number of fused-ring (bicyclic) bond motifs is 1. The second-order valence-corrected chi connectivity index (χ2v) is 5.70. The zero-order chi connectivity index (χ0) is 17.3. The summed E-state index contributed by atoms with van der Waals surface area (Å²) in [7, 11) is 1.53. The average molecular weight is 331 g/mol. The molecule has 0 aliphatic carbocycles. The third-order valence-corrected chi connectivity index (χ3v) is 3.95. The van der Waals surface area contributed by atoms with Crippen LogP contribution in [-0.2, 0) is 22.5 Å². The molecule has 0 fully saturated rings. The van der Waals surface area contributed by atoms with Gasteiger partial charge >= 0.3 is 5.97 Å². The van der Waals surface area contributed by atoms with Crippen LogP contribution >= 0.6 is 0 Å². The fourth-order valence-electron chi connectivity index (χ4n) is 2.70. The van der Waals surface area contributed by atoms with E-state index in [4.69, 9.17) is 4.74 Å². The van der Waals surface area contributed by atoms with Crippen molar-refractivity contribution in [2.45, 2.75) is 19.1 Å². The van der Waals surface area contributed by atoms with Crippen molar-refractivity contribution in [2.24, 2.45) is 0 Å². The van der Waals surface area contributed by atoms with Gasteiger partial charge in [0.25, 0.3) is 5.91 Å². The lowest BCUT2D eigenvalue weighted by Gasteiger charge is -2.27. The summed E-state index contributed by atoms with van der Waals surface area (Å²) in [4.78, 5) is 25.8. The molecule has 1 heterocycles. The molecule has 1 atom stereocenters. The van der Waals surface area contributed by atoms with Gasteiger partial charge in [-0.3, -0.25) is 4.79 Å². The number of amides is 1. The number of ether oxygens (including phenoxy) is 1. The molecule has 0 aromatic heterocycles. The van der Waals surface area contributed by atoms with Crippen LogP contribution in [0.1, 0.15) is 21.5 Å². The topological polar surface area (TPSA) is 46.6 Å². The predicted molar refractivity (Wildman–Crippen MR) is 82.2 cm³/mol. The molecule has 4 nitrogen and oxygen atoms in total. The van der Waals surface area contributed by atoms with Crippen molar-refractivity contribution in [3.05, 3.63) is 70.8 Å². The van der Waals surface area contributed by atoms with E-state index >= 15 is 0 Å². The van der Waals surface area contributed by atoms with Gasteiger partial charge in [-0.2, -0.15) is 0 Å². The van der Waals surface area contributed by atoms with Crippen molar-refractivity contribution in [3.63, 3.8) is 0 Å². The molecular formula is C18H15F2NO3. The van der Waals surface area contributed by atoms with Crippen LogP contribution in [0, 0.1) is 11.6 Å². The van der Waals surface area contributed by atoms with Gasteiger partial charge in [-0.1, -0.05) is 24.3 Å². The van der Waals surface area contributed by atoms with Crippen molar-refractivity contribution < 1.29 is 23.1 Å². The van der Waals surface area contributed by atoms with Crippen molar-refractivity contribution in [1.29, 1.82) is 0 Å². The molecule has 6 heteroatoms. The number of esters is 1. The Hall–Kier alpha value is -2.76. The normalized spacial score (nSPS) is 16.3. The number of cyclic esters (lactones) is 1. The van der Waals surface area contributed by atoms with Crippen LogP contribution in [0.2, 0.25) is 0 Å². The van der Waals surface area contributed by atoms with E-state index in [2.05, 4.69) is 0 Å². The van der Waals surface area contributed by atoms with Crippen molar-refractivity contribution in [3.8, 4) is 0 Å². The zero-order valence-electron chi connectivity index (χ0n) is 13.0. The van der Waals surface area contributed by atoms with Crippen LogP contribution in [-0.4, -0.2) is 29.9 Å². The maximum atomic E-state index is 13.3. The van der Waals surface area contributed by atoms with Crippen LogP contribution in [0.5, 0.6) is 0 Å². The Morgan fingerprint density at radius 3 is 2.71 bits per heavy atom. The predicted octanol–water partition coefficient (Wildman–Crippen LogP) is 2.70. The number of hydrogen-bond acceptors (Lipinski definition) is 3. The van der Waals surface area contributed by atoms with E-state index in [1.54, 1.807) is 24.3 Å². The molecule has 1 aliphatic heterocycles. The average Bonchev–Trinajstić information content (AvgIpc) is 2.57. The van der Waals surface area contributed by atoms with E-state index in [0.29, 0.717) is 17.5 Å². The van der Waals surface area contributed by atoms with E-state index in [-0.39, 0.29) is 12.5 Å². The summed E-state index contributed by atoms with van der Waals surface area (Å²) in [5.74, 6) is -2.82. The van der Waals surface area contributed by atoms with Gasteiger partial charge in [0.15, 0.2) is 17.7 Å². The Kier molecular flexibility index (Phi) is 4.29. The standard InChI is InChI=1S/C18H15F2NO3/c1-21(10-11-6-7-14(19)15(20)8-11)17(22)16-9-12-4-2-3-5-13(12)18(23)24-16/h2-8,16H,9-10H2,1H3. The highest BCUT2D eigenvalue weighted by Crippen LogP contribution is 2.22. The first-order chi connectivity index (χ1) is 11.5. The molecule has 24 heavy (non-hydrogen) atoms. The highest BCUT2D eigenvalue weighted by atomic mass is 19.2. The molecule has 0 bridgehead atoms. The molecule has 2 aromatic carbocycles. The van der Waals surface area contributed by atoms with Gasteiger partial charge in [0.05, 0.1) is 5.56 Å². The van der Waals surface area contributed by atoms with E-state index in [1.165, 1.54) is 18.0 Å². The van der Waals surface area contributed by atoms with E-state index in [0.717, 1.165) is 17.7 Å². The van der Waals surface area contributed by atoms with Crippen LogP contribution in [0.4, 0.5) is 8.78 Å². The molecule has 0 N–H and O–H groups in total. The number of carbonyl (C=O) groups excluding carboxylic acids is 2. The van der Waals surface area contributed by atoms with Gasteiger partial charge < -0.3 is 9.64 Å². The Balaban J connectivity index is 1.72. The Labute approximate surface area is 137 Å². The monoisotopic (exact) mass is 331 g/mol. The summed E-state index contributed by atoms with van der Waals surface area (Å²) in [5.41, 5.74) is 1.67. The van der Waals surface area contributed by atoms with Gasteiger partial charge in [0.2, 0.25) is 0 Å². The van der Waals surface area contributed by atoms with Gasteiger partial charge in [0.1, 0.15) is 0 Å². The van der Waals surface area contributed by atoms with E-state index in [9.17, 15) is 18.4 Å². The SMILES string of the molecule is CN(Cc1ccc(F)c(F)c1)C(=O)C1Cc2ccccc2C(=O)O1. The minimum Gasteiger partial charge on any atom is -0.448 e. The largest absolute Gasteiger partial charge is 0.448 e. The molecule has 0 saturated heterocycles. The molecule has 0 radical (unpaired) electrons. The lowest BCUT2D eigenvalue weighted by Crippen LogP contribution is -2.42. The van der Waals surface area contributed by atoms with Crippen LogP contribution in [0.3, 0.4) is 0 Å². The van der Waals surface area contributed by atoms with Gasteiger partial charge in [-0.25, -0.2) is 13.6 Å². The lowest BCUT2D eigenvalue weighted by molar-refractivity contribution is -0.140. The molecule has 124 valence electrons. The van der Waals surface area contributed by atoms with E-state index < -0.39 is 23.7 Å². The van der Waals surface area contributed by atoms with Crippen LogP contribution in [0.25, 0.3) is 0 Å². The summed E-state index contributed by atoms with van der Waals surface area (Å²) in [6, 6.07) is 10.4. The van der Waals surface area contributed by atoms with Crippen LogP contribution < -0.4 is 0 Å². The molecule has 2 aromatic rings. The summed E-state index contributed by atoms with van der Waals surface area (Å²) in [5, 5.41) is 0. The number of carbonyl (C=O) groups is 2. The molecule has 1 unspecified atom stereocenters. The van der Waals surface area contributed by atoms with Gasteiger partial charge in [-0.05, 0) is 29.3 Å². The van der Waals surface area contributed by atoms with E-state index in [1.807, 2.05) is 0 Å². The molecule has 3 rings (SSSR count). The highest BCUT2D eigenvalue weighted by molar-refractivity contribution is 5.95. The smallest absolute Gasteiger partial charge is 0.339 e. The van der Waals surface area contributed by atoms with Crippen molar-refractivity contribution in [1.82, 2.24) is 4.90 Å². The first kappa shape index (κ1) is 16.1. The zero-order valence-corrected chi connectivity index (χ0v) is 13.0. The van der Waals surface area contributed by atoms with Crippen LogP contribution in [0.15, 0.2) is 42.5 Å². The number of rotatable bonds is 3.